The van der Waals surface area contributed by atoms with Crippen LogP contribution in [0.3, 0.4) is 0 Å². The van der Waals surface area contributed by atoms with Gasteiger partial charge < -0.3 is 5.21 Å². The normalized spacial score (nSPS) is 10.1. The third-order valence-electron chi connectivity index (χ3n) is 2.18. The first-order valence-corrected chi connectivity index (χ1v) is 4.50. The zero-order valence-electron chi connectivity index (χ0n) is 8.19. The summed E-state index contributed by atoms with van der Waals surface area (Å²) >= 11 is 0. The van der Waals surface area contributed by atoms with Crippen LogP contribution < -0.4 is 4.73 Å². The second kappa shape index (κ2) is 4.04. The SMILES string of the molecule is CCc1c([N+](=O)[O-])cc[n+]([O-])c1CC. The van der Waals surface area contributed by atoms with Crippen molar-refractivity contribution in [2.75, 3.05) is 0 Å². The summed E-state index contributed by atoms with van der Waals surface area (Å²) in [4.78, 5) is 10.2. The molecule has 0 unspecified atom stereocenters. The molecule has 1 aromatic rings. The van der Waals surface area contributed by atoms with E-state index >= 15 is 0 Å². The molecule has 0 amide bonds. The molecule has 0 fully saturated rings. The van der Waals surface area contributed by atoms with Gasteiger partial charge in [-0.1, -0.05) is 13.8 Å². The molecular weight excluding hydrogens is 184 g/mol. The lowest BCUT2D eigenvalue weighted by atomic mass is 10.1. The number of pyridine rings is 1. The van der Waals surface area contributed by atoms with Crippen molar-refractivity contribution in [2.24, 2.45) is 0 Å². The summed E-state index contributed by atoms with van der Waals surface area (Å²) in [7, 11) is 0. The Morgan fingerprint density at radius 3 is 2.50 bits per heavy atom. The number of hydrogen-bond donors (Lipinski definition) is 0. The highest BCUT2D eigenvalue weighted by Crippen LogP contribution is 2.20. The molecule has 0 spiro atoms. The van der Waals surface area contributed by atoms with Gasteiger partial charge in [-0.15, -0.1) is 0 Å². The zero-order chi connectivity index (χ0) is 10.7. The minimum atomic E-state index is -0.446. The first kappa shape index (κ1) is 10.4. The number of nitrogens with zero attached hydrogens (tertiary/aromatic N) is 2. The van der Waals surface area contributed by atoms with Crippen LogP contribution in [0.1, 0.15) is 25.1 Å². The van der Waals surface area contributed by atoms with Crippen molar-refractivity contribution in [3.8, 4) is 0 Å². The van der Waals surface area contributed by atoms with Crippen molar-refractivity contribution in [3.05, 3.63) is 38.8 Å². The Kier molecular flexibility index (Phi) is 3.01. The highest BCUT2D eigenvalue weighted by Gasteiger charge is 2.21. The summed E-state index contributed by atoms with van der Waals surface area (Å²) in [5, 5.41) is 22.0. The summed E-state index contributed by atoms with van der Waals surface area (Å²) in [6, 6.07) is 1.25. The topological polar surface area (TPSA) is 70.1 Å². The van der Waals surface area contributed by atoms with Gasteiger partial charge >= 0.3 is 0 Å². The predicted molar refractivity (Wildman–Crippen MR) is 50.8 cm³/mol. The van der Waals surface area contributed by atoms with Crippen molar-refractivity contribution in [3.63, 3.8) is 0 Å². The molecule has 0 atom stereocenters. The zero-order valence-corrected chi connectivity index (χ0v) is 8.19. The van der Waals surface area contributed by atoms with E-state index in [-0.39, 0.29) is 5.69 Å². The molecule has 0 aliphatic carbocycles. The van der Waals surface area contributed by atoms with E-state index in [0.29, 0.717) is 28.8 Å². The van der Waals surface area contributed by atoms with Gasteiger partial charge in [0.25, 0.3) is 5.69 Å². The summed E-state index contributed by atoms with van der Waals surface area (Å²) in [5.74, 6) is 0. The average Bonchev–Trinajstić information content (AvgIpc) is 2.16. The monoisotopic (exact) mass is 196 g/mol. The van der Waals surface area contributed by atoms with Crippen LogP contribution in [0.25, 0.3) is 0 Å². The van der Waals surface area contributed by atoms with Crippen LogP contribution in [-0.2, 0) is 12.8 Å². The molecule has 0 aromatic carbocycles. The van der Waals surface area contributed by atoms with Gasteiger partial charge in [-0.25, -0.2) is 0 Å². The quantitative estimate of drug-likeness (QED) is 0.317. The number of rotatable bonds is 3. The third kappa shape index (κ3) is 1.66. The molecule has 0 radical (unpaired) electrons. The Morgan fingerprint density at radius 1 is 1.43 bits per heavy atom. The third-order valence-corrected chi connectivity index (χ3v) is 2.18. The standard InChI is InChI=1S/C9H12N2O3/c1-3-7-8(4-2)10(12)6-5-9(7)11(13)14/h5-6H,3-4H2,1-2H3. The largest absolute Gasteiger partial charge is 0.618 e. The lowest BCUT2D eigenvalue weighted by molar-refractivity contribution is -0.615. The highest BCUT2D eigenvalue weighted by molar-refractivity contribution is 5.39. The molecule has 0 saturated carbocycles. The number of aromatic nitrogens is 1. The second-order valence-electron chi connectivity index (χ2n) is 2.92. The first-order chi connectivity index (χ1) is 6.61. The fourth-order valence-corrected chi connectivity index (χ4v) is 1.54. The van der Waals surface area contributed by atoms with Gasteiger partial charge in [-0.2, -0.15) is 4.73 Å². The predicted octanol–water partition coefficient (Wildman–Crippen LogP) is 1.35. The van der Waals surface area contributed by atoms with Crippen LogP contribution in [0.5, 0.6) is 0 Å². The van der Waals surface area contributed by atoms with Crippen LogP contribution >= 0.6 is 0 Å². The Hall–Kier alpha value is -1.65. The van der Waals surface area contributed by atoms with Gasteiger partial charge in [-0.05, 0) is 6.42 Å². The first-order valence-electron chi connectivity index (χ1n) is 4.50. The molecule has 0 bridgehead atoms. The fraction of sp³-hybridized carbons (Fsp3) is 0.444. The van der Waals surface area contributed by atoms with E-state index < -0.39 is 4.92 Å². The molecule has 14 heavy (non-hydrogen) atoms. The van der Waals surface area contributed by atoms with Gasteiger partial charge in [0.1, 0.15) is 0 Å². The molecule has 0 aliphatic heterocycles. The smallest absolute Gasteiger partial charge is 0.284 e. The van der Waals surface area contributed by atoms with E-state index in [1.54, 1.807) is 0 Å². The second-order valence-corrected chi connectivity index (χ2v) is 2.92. The fourth-order valence-electron chi connectivity index (χ4n) is 1.54. The minimum absolute atomic E-state index is 0.0384. The maximum absolute atomic E-state index is 11.3. The van der Waals surface area contributed by atoms with Crippen molar-refractivity contribution in [1.29, 1.82) is 0 Å². The van der Waals surface area contributed by atoms with Gasteiger partial charge in [0, 0.05) is 6.42 Å². The van der Waals surface area contributed by atoms with Gasteiger partial charge in [-0.3, -0.25) is 10.1 Å². The van der Waals surface area contributed by atoms with Gasteiger partial charge in [0.2, 0.25) is 5.69 Å². The lowest BCUT2D eigenvalue weighted by Gasteiger charge is -2.06. The Labute approximate surface area is 81.7 Å². The molecule has 0 N–H and O–H groups in total. The molecule has 5 nitrogen and oxygen atoms in total. The van der Waals surface area contributed by atoms with Crippen molar-refractivity contribution in [2.45, 2.75) is 26.7 Å². The molecule has 76 valence electrons. The molecular formula is C9H12N2O3. The molecule has 0 saturated heterocycles. The molecule has 0 aliphatic rings. The average molecular weight is 196 g/mol. The summed E-state index contributed by atoms with van der Waals surface area (Å²) in [5.41, 5.74) is 1.06. The van der Waals surface area contributed by atoms with Crippen LogP contribution in [-0.4, -0.2) is 4.92 Å². The van der Waals surface area contributed by atoms with E-state index in [2.05, 4.69) is 0 Å². The molecule has 1 rings (SSSR count). The maximum Gasteiger partial charge on any atom is 0.284 e. The van der Waals surface area contributed by atoms with E-state index in [1.165, 1.54) is 12.3 Å². The van der Waals surface area contributed by atoms with Crippen molar-refractivity contribution < 1.29 is 9.65 Å². The summed E-state index contributed by atoms with van der Waals surface area (Å²) in [6.07, 6.45) is 2.20. The maximum atomic E-state index is 11.3. The molecule has 1 heterocycles. The van der Waals surface area contributed by atoms with Crippen LogP contribution in [0.4, 0.5) is 5.69 Å². The number of nitro groups is 1. The van der Waals surface area contributed by atoms with E-state index in [0.717, 1.165) is 0 Å². The number of hydrogen-bond acceptors (Lipinski definition) is 3. The van der Waals surface area contributed by atoms with Crippen LogP contribution in [0.15, 0.2) is 12.3 Å². The summed E-state index contributed by atoms with van der Waals surface area (Å²) < 4.78 is 0.700. The van der Waals surface area contributed by atoms with E-state index in [4.69, 9.17) is 0 Å². The van der Waals surface area contributed by atoms with Crippen LogP contribution in [0.2, 0.25) is 0 Å². The van der Waals surface area contributed by atoms with Crippen molar-refractivity contribution in [1.82, 2.24) is 0 Å². The highest BCUT2D eigenvalue weighted by atomic mass is 16.6. The van der Waals surface area contributed by atoms with Crippen molar-refractivity contribution >= 4 is 5.69 Å². The van der Waals surface area contributed by atoms with Gasteiger partial charge in [0.15, 0.2) is 6.20 Å². The summed E-state index contributed by atoms with van der Waals surface area (Å²) in [6.45, 7) is 3.62. The Bertz CT molecular complexity index is 363. The van der Waals surface area contributed by atoms with E-state index in [1.807, 2.05) is 13.8 Å². The van der Waals surface area contributed by atoms with E-state index in [9.17, 15) is 15.3 Å². The Balaban J connectivity index is 3.40. The molecule has 5 heteroatoms. The molecule has 1 aromatic heterocycles. The lowest BCUT2D eigenvalue weighted by Crippen LogP contribution is -2.32. The Morgan fingerprint density at radius 2 is 2.07 bits per heavy atom. The van der Waals surface area contributed by atoms with Gasteiger partial charge in [0.05, 0.1) is 16.6 Å². The van der Waals surface area contributed by atoms with Crippen LogP contribution in [0, 0.1) is 15.3 Å². The minimum Gasteiger partial charge on any atom is -0.618 e.